The molecule has 31 heavy (non-hydrogen) atoms. The Morgan fingerprint density at radius 1 is 1.03 bits per heavy atom. The van der Waals surface area contributed by atoms with Gasteiger partial charge in [-0.2, -0.15) is 5.10 Å². The highest BCUT2D eigenvalue weighted by Crippen LogP contribution is 2.48. The monoisotopic (exact) mass is 476 g/mol. The van der Waals surface area contributed by atoms with Gasteiger partial charge in [0.25, 0.3) is 0 Å². The van der Waals surface area contributed by atoms with E-state index < -0.39 is 0 Å². The number of benzene rings is 3. The van der Waals surface area contributed by atoms with Crippen LogP contribution in [0.3, 0.4) is 0 Å². The summed E-state index contributed by atoms with van der Waals surface area (Å²) in [5, 5.41) is 7.17. The van der Waals surface area contributed by atoms with E-state index >= 15 is 0 Å². The van der Waals surface area contributed by atoms with Crippen LogP contribution in [0, 0.1) is 6.92 Å². The molecule has 0 saturated carbocycles. The van der Waals surface area contributed by atoms with Crippen LogP contribution >= 0.6 is 15.9 Å². The Morgan fingerprint density at radius 3 is 2.48 bits per heavy atom. The summed E-state index contributed by atoms with van der Waals surface area (Å²) in [5.74, 6) is 1.80. The molecule has 5 heteroatoms. The van der Waals surface area contributed by atoms with E-state index in [4.69, 9.17) is 14.6 Å². The normalized spacial score (nSPS) is 19.5. The maximum absolute atomic E-state index is 6.45. The molecular formula is C26H25BrN2O2. The van der Waals surface area contributed by atoms with E-state index in [0.717, 1.165) is 44.8 Å². The number of hydrogen-bond acceptors (Lipinski definition) is 4. The maximum Gasteiger partial charge on any atom is 0.213 e. The Morgan fingerprint density at radius 2 is 1.77 bits per heavy atom. The molecule has 2 atom stereocenters. The zero-order valence-electron chi connectivity index (χ0n) is 17.9. The van der Waals surface area contributed by atoms with Gasteiger partial charge in [0.15, 0.2) is 0 Å². The number of halogens is 1. The standard InChI is InChI=1S/C26H25BrN2O2/c1-16(2)30-21-11-8-18(9-12-21)23-15-24-22-14-20(27)10-13-25(22)31-26(29(24)28-23)19-6-4-17(3)5-7-19/h4-14,16,24,26H,15H2,1-3H3/t24-,26+/m0/s1. The van der Waals surface area contributed by atoms with Crippen molar-refractivity contribution in [1.82, 2.24) is 5.01 Å². The van der Waals surface area contributed by atoms with Gasteiger partial charge >= 0.3 is 0 Å². The predicted molar refractivity (Wildman–Crippen MR) is 127 cm³/mol. The van der Waals surface area contributed by atoms with Crippen molar-refractivity contribution in [3.05, 3.63) is 93.5 Å². The molecule has 4 nitrogen and oxygen atoms in total. The number of rotatable bonds is 4. The first-order valence-electron chi connectivity index (χ1n) is 10.6. The van der Waals surface area contributed by atoms with Crippen molar-refractivity contribution in [1.29, 1.82) is 0 Å². The fraction of sp³-hybridized carbons (Fsp3) is 0.269. The summed E-state index contributed by atoms with van der Waals surface area (Å²) in [4.78, 5) is 0. The quantitative estimate of drug-likeness (QED) is 0.415. The Kier molecular flexibility index (Phi) is 5.22. The fourth-order valence-corrected chi connectivity index (χ4v) is 4.56. The third-order valence-electron chi connectivity index (χ3n) is 5.67. The van der Waals surface area contributed by atoms with Gasteiger partial charge in [0.1, 0.15) is 11.5 Å². The van der Waals surface area contributed by atoms with Crippen molar-refractivity contribution in [3.8, 4) is 11.5 Å². The lowest BCUT2D eigenvalue weighted by atomic mass is 9.96. The fourth-order valence-electron chi connectivity index (χ4n) is 4.18. The topological polar surface area (TPSA) is 34.1 Å². The Hall–Kier alpha value is -2.79. The van der Waals surface area contributed by atoms with Crippen molar-refractivity contribution in [2.24, 2.45) is 5.10 Å². The number of hydrazone groups is 1. The van der Waals surface area contributed by atoms with Crippen molar-refractivity contribution in [3.63, 3.8) is 0 Å². The second-order valence-electron chi connectivity index (χ2n) is 8.40. The first-order chi connectivity index (χ1) is 15.0. The van der Waals surface area contributed by atoms with Crippen LogP contribution in [0.15, 0.2) is 76.3 Å². The van der Waals surface area contributed by atoms with Crippen molar-refractivity contribution >= 4 is 21.6 Å². The molecule has 0 saturated heterocycles. The molecule has 0 aliphatic carbocycles. The summed E-state index contributed by atoms with van der Waals surface area (Å²) in [6, 6.07) is 23.1. The average Bonchev–Trinajstić information content (AvgIpc) is 3.20. The van der Waals surface area contributed by atoms with Crippen LogP contribution < -0.4 is 9.47 Å². The molecule has 0 spiro atoms. The number of ether oxygens (including phenoxy) is 2. The van der Waals surface area contributed by atoms with Crippen molar-refractivity contribution in [2.45, 2.75) is 45.6 Å². The second-order valence-corrected chi connectivity index (χ2v) is 9.32. The first kappa shape index (κ1) is 20.1. The Bertz CT molecular complexity index is 1120. The maximum atomic E-state index is 6.45. The van der Waals surface area contributed by atoms with Crippen LogP contribution in [-0.4, -0.2) is 16.8 Å². The lowest BCUT2D eigenvalue weighted by Crippen LogP contribution is -2.33. The highest BCUT2D eigenvalue weighted by molar-refractivity contribution is 9.10. The van der Waals surface area contributed by atoms with Crippen molar-refractivity contribution in [2.75, 3.05) is 0 Å². The Labute approximate surface area is 191 Å². The number of nitrogens with zero attached hydrogens (tertiary/aromatic N) is 2. The summed E-state index contributed by atoms with van der Waals surface area (Å²) >= 11 is 3.62. The molecule has 0 bridgehead atoms. The lowest BCUT2D eigenvalue weighted by Gasteiger charge is -2.38. The zero-order valence-corrected chi connectivity index (χ0v) is 19.5. The molecule has 2 aliphatic rings. The van der Waals surface area contributed by atoms with Gasteiger partial charge in [0.2, 0.25) is 6.23 Å². The minimum atomic E-state index is -0.250. The largest absolute Gasteiger partial charge is 0.491 e. The number of hydrogen-bond donors (Lipinski definition) is 0. The summed E-state index contributed by atoms with van der Waals surface area (Å²) in [7, 11) is 0. The predicted octanol–water partition coefficient (Wildman–Crippen LogP) is 6.79. The average molecular weight is 477 g/mol. The highest BCUT2D eigenvalue weighted by atomic mass is 79.9. The van der Waals surface area contributed by atoms with Gasteiger partial charge in [-0.05, 0) is 68.8 Å². The third-order valence-corrected chi connectivity index (χ3v) is 6.17. The summed E-state index contributed by atoms with van der Waals surface area (Å²) in [5.41, 5.74) is 5.68. The van der Waals surface area contributed by atoms with E-state index in [1.54, 1.807) is 0 Å². The summed E-state index contributed by atoms with van der Waals surface area (Å²) in [6.45, 7) is 6.17. The van der Waals surface area contributed by atoms with E-state index in [2.05, 4.69) is 70.3 Å². The van der Waals surface area contributed by atoms with E-state index in [-0.39, 0.29) is 18.4 Å². The molecular weight excluding hydrogens is 452 g/mol. The molecule has 5 rings (SSSR count). The first-order valence-corrected chi connectivity index (χ1v) is 11.4. The highest BCUT2D eigenvalue weighted by Gasteiger charge is 2.41. The molecule has 0 aromatic heterocycles. The van der Waals surface area contributed by atoms with Crippen LogP contribution in [-0.2, 0) is 0 Å². The van der Waals surface area contributed by atoms with Gasteiger partial charge in [-0.15, -0.1) is 0 Å². The molecule has 0 radical (unpaired) electrons. The number of fused-ring (bicyclic) bond motifs is 3. The molecule has 2 heterocycles. The van der Waals surface area contributed by atoms with Gasteiger partial charge in [-0.25, -0.2) is 5.01 Å². The van der Waals surface area contributed by atoms with Crippen LogP contribution in [0.1, 0.15) is 54.8 Å². The molecule has 0 N–H and O–H groups in total. The smallest absolute Gasteiger partial charge is 0.213 e. The summed E-state index contributed by atoms with van der Waals surface area (Å²) < 4.78 is 13.3. The molecule has 3 aromatic carbocycles. The van der Waals surface area contributed by atoms with E-state index in [1.807, 2.05) is 38.1 Å². The van der Waals surface area contributed by atoms with Crippen LogP contribution in [0.2, 0.25) is 0 Å². The van der Waals surface area contributed by atoms with Gasteiger partial charge in [0, 0.05) is 22.0 Å². The van der Waals surface area contributed by atoms with Crippen LogP contribution in [0.5, 0.6) is 11.5 Å². The van der Waals surface area contributed by atoms with Gasteiger partial charge in [-0.3, -0.25) is 0 Å². The molecule has 0 fully saturated rings. The van der Waals surface area contributed by atoms with Crippen LogP contribution in [0.25, 0.3) is 0 Å². The van der Waals surface area contributed by atoms with Crippen LogP contribution in [0.4, 0.5) is 0 Å². The summed E-state index contributed by atoms with van der Waals surface area (Å²) in [6.07, 6.45) is 0.742. The molecule has 2 aliphatic heterocycles. The number of aryl methyl sites for hydroxylation is 1. The van der Waals surface area contributed by atoms with Gasteiger partial charge in [0.05, 0.1) is 17.9 Å². The minimum absolute atomic E-state index is 0.133. The minimum Gasteiger partial charge on any atom is -0.491 e. The van der Waals surface area contributed by atoms with E-state index in [1.165, 1.54) is 5.56 Å². The van der Waals surface area contributed by atoms with Gasteiger partial charge < -0.3 is 9.47 Å². The molecule has 0 amide bonds. The third kappa shape index (κ3) is 3.94. The van der Waals surface area contributed by atoms with Gasteiger partial charge in [-0.1, -0.05) is 45.8 Å². The molecule has 3 aromatic rings. The second kappa shape index (κ2) is 8.04. The van der Waals surface area contributed by atoms with E-state index in [9.17, 15) is 0 Å². The SMILES string of the molecule is Cc1ccc([C@H]2Oc3ccc(Br)cc3[C@@H]3CC(c4ccc(OC(C)C)cc4)=NN23)cc1. The Balaban J connectivity index is 1.52. The van der Waals surface area contributed by atoms with E-state index in [0.29, 0.717) is 0 Å². The molecule has 158 valence electrons. The zero-order chi connectivity index (χ0) is 21.5. The lowest BCUT2D eigenvalue weighted by molar-refractivity contribution is -0.0190. The molecule has 0 unspecified atom stereocenters. The van der Waals surface area contributed by atoms with Crippen molar-refractivity contribution < 1.29 is 9.47 Å².